The summed E-state index contributed by atoms with van der Waals surface area (Å²) >= 11 is 5.78. The fourth-order valence-corrected chi connectivity index (χ4v) is 2.27. The van der Waals surface area contributed by atoms with Crippen molar-refractivity contribution in [3.05, 3.63) is 22.9 Å². The van der Waals surface area contributed by atoms with Crippen LogP contribution in [-0.4, -0.2) is 23.6 Å². The van der Waals surface area contributed by atoms with E-state index in [0.29, 0.717) is 12.8 Å². The lowest BCUT2D eigenvalue weighted by Gasteiger charge is -2.28. The Morgan fingerprint density at radius 3 is 2.93 bits per heavy atom. The quantitative estimate of drug-likeness (QED) is 0.679. The molecule has 0 amide bonds. The molecule has 0 aliphatic heterocycles. The molecule has 3 nitrogen and oxygen atoms in total. The second kappa shape index (κ2) is 3.11. The number of Topliss-reactive ketones (excluding diaryl/α,β-unsaturated/α-hetero) is 1. The Kier molecular flexibility index (Phi) is 2.16. The van der Waals surface area contributed by atoms with E-state index in [4.69, 9.17) is 16.3 Å². The number of aliphatic hydroxyl groups excluding tert-OH is 1. The van der Waals surface area contributed by atoms with E-state index in [1.165, 1.54) is 7.11 Å². The molecular formula is C10H11ClO3. The second-order valence-electron chi connectivity index (χ2n) is 3.63. The number of ether oxygens (including phenoxy) is 1. The Labute approximate surface area is 87.0 Å². The molecule has 3 aliphatic carbocycles. The Hall–Kier alpha value is -0.800. The van der Waals surface area contributed by atoms with Crippen LogP contribution in [0.25, 0.3) is 0 Å². The summed E-state index contributed by atoms with van der Waals surface area (Å²) in [5.41, 5.74) is -0.946. The van der Waals surface area contributed by atoms with Gasteiger partial charge < -0.3 is 9.84 Å². The van der Waals surface area contributed by atoms with E-state index in [1.54, 1.807) is 12.2 Å². The minimum Gasteiger partial charge on any atom is -0.510 e. The highest BCUT2D eigenvalue weighted by molar-refractivity contribution is 6.44. The maximum atomic E-state index is 11.8. The molecule has 0 saturated heterocycles. The van der Waals surface area contributed by atoms with Crippen molar-refractivity contribution in [1.29, 1.82) is 0 Å². The summed E-state index contributed by atoms with van der Waals surface area (Å²) in [5.74, 6) is -0.489. The van der Waals surface area contributed by atoms with Crippen LogP contribution in [-0.2, 0) is 9.53 Å². The zero-order valence-electron chi connectivity index (χ0n) is 7.79. The SMILES string of the molecule is COC12C=CC(CC1)C(O)=C(Cl)C2=O. The predicted molar refractivity (Wildman–Crippen MR) is 52.1 cm³/mol. The molecule has 3 rings (SSSR count). The van der Waals surface area contributed by atoms with Crippen LogP contribution in [0.2, 0.25) is 0 Å². The molecular weight excluding hydrogens is 204 g/mol. The summed E-state index contributed by atoms with van der Waals surface area (Å²) in [6.45, 7) is 0. The van der Waals surface area contributed by atoms with Crippen LogP contribution < -0.4 is 0 Å². The number of rotatable bonds is 1. The molecule has 2 atom stereocenters. The molecule has 0 fully saturated rings. The molecule has 0 aromatic rings. The average Bonchev–Trinajstić information content (AvgIpc) is 2.38. The molecule has 3 aliphatic rings. The third kappa shape index (κ3) is 1.12. The van der Waals surface area contributed by atoms with Crippen LogP contribution in [0.15, 0.2) is 22.9 Å². The van der Waals surface area contributed by atoms with Crippen molar-refractivity contribution in [3.8, 4) is 0 Å². The summed E-state index contributed by atoms with van der Waals surface area (Å²) < 4.78 is 5.21. The summed E-state index contributed by atoms with van der Waals surface area (Å²) in [7, 11) is 1.48. The van der Waals surface area contributed by atoms with Crippen LogP contribution in [0, 0.1) is 5.92 Å². The van der Waals surface area contributed by atoms with Gasteiger partial charge in [0, 0.05) is 13.0 Å². The zero-order chi connectivity index (χ0) is 10.3. The van der Waals surface area contributed by atoms with Crippen molar-refractivity contribution in [1.82, 2.24) is 0 Å². The number of methoxy groups -OCH3 is 1. The van der Waals surface area contributed by atoms with E-state index in [0.717, 1.165) is 0 Å². The van der Waals surface area contributed by atoms with Gasteiger partial charge in [-0.2, -0.15) is 0 Å². The van der Waals surface area contributed by atoms with Gasteiger partial charge in [-0.25, -0.2) is 0 Å². The average molecular weight is 215 g/mol. The van der Waals surface area contributed by atoms with Crippen LogP contribution in [0.1, 0.15) is 12.8 Å². The van der Waals surface area contributed by atoms with Gasteiger partial charge in [0.2, 0.25) is 5.78 Å². The van der Waals surface area contributed by atoms with E-state index in [9.17, 15) is 9.90 Å². The van der Waals surface area contributed by atoms with Crippen molar-refractivity contribution in [2.75, 3.05) is 7.11 Å². The molecule has 0 heterocycles. The predicted octanol–water partition coefficient (Wildman–Crippen LogP) is 1.93. The Bertz CT molecular complexity index is 345. The van der Waals surface area contributed by atoms with Crippen LogP contribution in [0.3, 0.4) is 0 Å². The molecule has 0 aromatic heterocycles. The monoisotopic (exact) mass is 214 g/mol. The number of hydrogen-bond donors (Lipinski definition) is 1. The smallest absolute Gasteiger partial charge is 0.213 e. The van der Waals surface area contributed by atoms with Gasteiger partial charge in [0.1, 0.15) is 16.4 Å². The van der Waals surface area contributed by atoms with E-state index in [1.807, 2.05) is 0 Å². The number of carbonyl (C=O) groups excluding carboxylic acids is 1. The van der Waals surface area contributed by atoms with Gasteiger partial charge in [0.25, 0.3) is 0 Å². The molecule has 0 saturated carbocycles. The molecule has 0 radical (unpaired) electrons. The molecule has 0 aromatic carbocycles. The molecule has 14 heavy (non-hydrogen) atoms. The van der Waals surface area contributed by atoms with Gasteiger partial charge in [0.05, 0.1) is 0 Å². The van der Waals surface area contributed by atoms with Gasteiger partial charge >= 0.3 is 0 Å². The number of halogens is 1. The third-order valence-electron chi connectivity index (χ3n) is 2.95. The van der Waals surface area contributed by atoms with Crippen molar-refractivity contribution >= 4 is 17.4 Å². The summed E-state index contributed by atoms with van der Waals surface area (Å²) in [4.78, 5) is 11.8. The van der Waals surface area contributed by atoms with Crippen LogP contribution >= 0.6 is 11.6 Å². The number of aliphatic hydroxyl groups is 1. The third-order valence-corrected chi connectivity index (χ3v) is 3.31. The minimum absolute atomic E-state index is 0.0238. The van der Waals surface area contributed by atoms with Crippen molar-refractivity contribution in [3.63, 3.8) is 0 Å². The highest BCUT2D eigenvalue weighted by Crippen LogP contribution is 2.40. The molecule has 2 unspecified atom stereocenters. The first-order chi connectivity index (χ1) is 6.60. The number of carbonyl (C=O) groups is 1. The fourth-order valence-electron chi connectivity index (χ4n) is 1.97. The Morgan fingerprint density at radius 1 is 1.71 bits per heavy atom. The lowest BCUT2D eigenvalue weighted by molar-refractivity contribution is -0.131. The van der Waals surface area contributed by atoms with Gasteiger partial charge in [-0.1, -0.05) is 17.7 Å². The lowest BCUT2D eigenvalue weighted by Crippen LogP contribution is -2.39. The second-order valence-corrected chi connectivity index (χ2v) is 4.00. The molecule has 76 valence electrons. The first-order valence-electron chi connectivity index (χ1n) is 4.48. The number of allylic oxidation sites excluding steroid dienone is 1. The summed E-state index contributed by atoms with van der Waals surface area (Å²) in [5, 5.41) is 9.56. The van der Waals surface area contributed by atoms with E-state index in [2.05, 4.69) is 0 Å². The van der Waals surface area contributed by atoms with Crippen LogP contribution in [0.4, 0.5) is 0 Å². The highest BCUT2D eigenvalue weighted by Gasteiger charge is 2.45. The normalized spacial score (nSPS) is 36.4. The lowest BCUT2D eigenvalue weighted by atomic mass is 9.85. The first kappa shape index (κ1) is 9.74. The maximum absolute atomic E-state index is 11.8. The fraction of sp³-hybridized carbons (Fsp3) is 0.500. The van der Waals surface area contributed by atoms with Crippen molar-refractivity contribution in [2.45, 2.75) is 18.4 Å². The zero-order valence-corrected chi connectivity index (χ0v) is 8.54. The molecule has 4 heteroatoms. The Balaban J connectivity index is 2.55. The van der Waals surface area contributed by atoms with E-state index < -0.39 is 5.60 Å². The van der Waals surface area contributed by atoms with E-state index >= 15 is 0 Å². The number of ketones is 1. The molecule has 2 bridgehead atoms. The van der Waals surface area contributed by atoms with E-state index in [-0.39, 0.29) is 22.5 Å². The minimum atomic E-state index is -0.946. The van der Waals surface area contributed by atoms with Gasteiger partial charge in [-0.15, -0.1) is 0 Å². The summed E-state index contributed by atoms with van der Waals surface area (Å²) in [6, 6.07) is 0. The van der Waals surface area contributed by atoms with Crippen LogP contribution in [0.5, 0.6) is 0 Å². The Morgan fingerprint density at radius 2 is 2.43 bits per heavy atom. The highest BCUT2D eigenvalue weighted by atomic mass is 35.5. The largest absolute Gasteiger partial charge is 0.510 e. The molecule has 1 N–H and O–H groups in total. The molecule has 0 spiro atoms. The topological polar surface area (TPSA) is 46.5 Å². The van der Waals surface area contributed by atoms with Crippen molar-refractivity contribution in [2.24, 2.45) is 5.92 Å². The first-order valence-corrected chi connectivity index (χ1v) is 4.86. The maximum Gasteiger partial charge on any atom is 0.213 e. The number of hydrogen-bond acceptors (Lipinski definition) is 3. The number of fused-ring (bicyclic) bond motifs is 2. The van der Waals surface area contributed by atoms with Gasteiger partial charge in [0.15, 0.2) is 0 Å². The summed E-state index contributed by atoms with van der Waals surface area (Å²) in [6.07, 6.45) is 4.76. The van der Waals surface area contributed by atoms with Crippen molar-refractivity contribution < 1.29 is 14.6 Å². The van der Waals surface area contributed by atoms with Gasteiger partial charge in [-0.05, 0) is 18.9 Å². The van der Waals surface area contributed by atoms with Gasteiger partial charge in [-0.3, -0.25) is 4.79 Å². The standard InChI is InChI=1S/C10H11ClO3/c1-14-10-4-2-6(3-5-10)8(12)7(11)9(10)13/h2,4,6,12H,3,5H2,1H3.